The third-order valence-electron chi connectivity index (χ3n) is 4.60. The number of nitro benzene ring substituents is 1. The number of rotatable bonds is 7. The number of hydrogen-bond acceptors (Lipinski definition) is 5. The number of nitrogens with one attached hydrogen (secondary N) is 2. The van der Waals surface area contributed by atoms with Gasteiger partial charge in [0.1, 0.15) is 5.75 Å². The number of benzene rings is 3. The van der Waals surface area contributed by atoms with Gasteiger partial charge in [0.15, 0.2) is 5.11 Å². The van der Waals surface area contributed by atoms with Gasteiger partial charge in [0.25, 0.3) is 11.6 Å². The van der Waals surface area contributed by atoms with Crippen molar-refractivity contribution in [3.8, 4) is 5.75 Å². The zero-order valence-corrected chi connectivity index (χ0v) is 17.6. The van der Waals surface area contributed by atoms with Crippen LogP contribution in [0.1, 0.15) is 21.5 Å². The summed E-state index contributed by atoms with van der Waals surface area (Å²) in [6.45, 7) is 2.15. The molecule has 0 spiro atoms. The van der Waals surface area contributed by atoms with E-state index >= 15 is 0 Å². The van der Waals surface area contributed by atoms with E-state index in [0.29, 0.717) is 29.2 Å². The standard InChI is InChI=1S/C23H21N3O4S/c1-16-20(8-5-9-21(16)26(28)29)24-23(31)25-22(27)18-10-12-19(13-11-18)30-15-14-17-6-3-2-4-7-17/h2-13H,14-15H2,1H3,(H2,24,25,27,31). The van der Waals surface area contributed by atoms with Gasteiger partial charge < -0.3 is 10.1 Å². The molecule has 8 heteroatoms. The molecule has 0 aliphatic rings. The third kappa shape index (κ3) is 6.10. The summed E-state index contributed by atoms with van der Waals surface area (Å²) in [4.78, 5) is 23.0. The summed E-state index contributed by atoms with van der Waals surface area (Å²) in [7, 11) is 0. The average molecular weight is 436 g/mol. The molecule has 0 radical (unpaired) electrons. The Morgan fingerprint density at radius 1 is 1.03 bits per heavy atom. The van der Waals surface area contributed by atoms with Gasteiger partial charge in [0.05, 0.1) is 22.8 Å². The first-order valence-electron chi connectivity index (χ1n) is 9.57. The molecular formula is C23H21N3O4S. The molecule has 0 unspecified atom stereocenters. The van der Waals surface area contributed by atoms with Crippen LogP contribution in [0.2, 0.25) is 0 Å². The lowest BCUT2D eigenvalue weighted by molar-refractivity contribution is -0.385. The van der Waals surface area contributed by atoms with Gasteiger partial charge in [-0.05, 0) is 55.0 Å². The molecule has 0 bridgehead atoms. The molecule has 3 rings (SSSR count). The smallest absolute Gasteiger partial charge is 0.274 e. The van der Waals surface area contributed by atoms with Gasteiger partial charge in [-0.2, -0.15) is 0 Å². The van der Waals surface area contributed by atoms with E-state index in [2.05, 4.69) is 10.6 Å². The molecule has 0 saturated heterocycles. The molecule has 2 N–H and O–H groups in total. The van der Waals surface area contributed by atoms with E-state index in [4.69, 9.17) is 17.0 Å². The Hall–Kier alpha value is -3.78. The van der Waals surface area contributed by atoms with E-state index in [1.54, 1.807) is 43.3 Å². The second-order valence-corrected chi connectivity index (χ2v) is 7.13. The first-order chi connectivity index (χ1) is 14.9. The van der Waals surface area contributed by atoms with E-state index in [0.717, 1.165) is 6.42 Å². The largest absolute Gasteiger partial charge is 0.493 e. The number of ether oxygens (including phenoxy) is 1. The van der Waals surface area contributed by atoms with Crippen LogP contribution in [0.4, 0.5) is 11.4 Å². The van der Waals surface area contributed by atoms with E-state index in [9.17, 15) is 14.9 Å². The highest BCUT2D eigenvalue weighted by Crippen LogP contribution is 2.25. The normalized spacial score (nSPS) is 10.2. The van der Waals surface area contributed by atoms with Crippen molar-refractivity contribution in [1.29, 1.82) is 0 Å². The number of amides is 1. The summed E-state index contributed by atoms with van der Waals surface area (Å²) in [5.41, 5.74) is 2.47. The second-order valence-electron chi connectivity index (χ2n) is 6.72. The molecule has 0 fully saturated rings. The predicted octanol–water partition coefficient (Wildman–Crippen LogP) is 4.65. The van der Waals surface area contributed by atoms with Crippen LogP contribution in [0, 0.1) is 17.0 Å². The van der Waals surface area contributed by atoms with Crippen molar-refractivity contribution in [2.24, 2.45) is 0 Å². The maximum absolute atomic E-state index is 12.4. The molecule has 0 atom stereocenters. The van der Waals surface area contributed by atoms with Gasteiger partial charge in [-0.15, -0.1) is 0 Å². The molecule has 3 aromatic rings. The lowest BCUT2D eigenvalue weighted by Crippen LogP contribution is -2.34. The Balaban J connectivity index is 1.53. The van der Waals surface area contributed by atoms with Gasteiger partial charge in [0, 0.05) is 18.1 Å². The first-order valence-corrected chi connectivity index (χ1v) is 9.98. The fourth-order valence-corrected chi connectivity index (χ4v) is 3.12. The number of nitro groups is 1. The molecule has 0 aliphatic heterocycles. The molecular weight excluding hydrogens is 414 g/mol. The molecule has 1 amide bonds. The monoisotopic (exact) mass is 435 g/mol. The molecule has 3 aromatic carbocycles. The number of nitrogens with zero attached hydrogens (tertiary/aromatic N) is 1. The lowest BCUT2D eigenvalue weighted by atomic mass is 10.1. The molecule has 0 saturated carbocycles. The van der Waals surface area contributed by atoms with Crippen LogP contribution in [-0.2, 0) is 6.42 Å². The quantitative estimate of drug-likeness (QED) is 0.319. The topological polar surface area (TPSA) is 93.5 Å². The highest BCUT2D eigenvalue weighted by molar-refractivity contribution is 7.80. The molecule has 7 nitrogen and oxygen atoms in total. The Morgan fingerprint density at radius 2 is 1.74 bits per heavy atom. The maximum Gasteiger partial charge on any atom is 0.274 e. The summed E-state index contributed by atoms with van der Waals surface area (Å²) in [5, 5.41) is 16.5. The summed E-state index contributed by atoms with van der Waals surface area (Å²) < 4.78 is 5.72. The van der Waals surface area contributed by atoms with Crippen molar-refractivity contribution in [2.75, 3.05) is 11.9 Å². The number of carbonyl (C=O) groups excluding carboxylic acids is 1. The van der Waals surface area contributed by atoms with Gasteiger partial charge in [-0.1, -0.05) is 36.4 Å². The summed E-state index contributed by atoms with van der Waals surface area (Å²) >= 11 is 5.17. The van der Waals surface area contributed by atoms with Crippen LogP contribution in [0.3, 0.4) is 0 Å². The molecule has 158 valence electrons. The minimum atomic E-state index is -0.467. The minimum Gasteiger partial charge on any atom is -0.493 e. The molecule has 0 aromatic heterocycles. The van der Waals surface area contributed by atoms with E-state index in [-0.39, 0.29) is 10.8 Å². The van der Waals surface area contributed by atoms with Gasteiger partial charge in [0.2, 0.25) is 0 Å². The molecule has 0 heterocycles. The summed E-state index contributed by atoms with van der Waals surface area (Å²) in [5.74, 6) is 0.275. The van der Waals surface area contributed by atoms with Gasteiger partial charge in [-0.3, -0.25) is 20.2 Å². The number of carbonyl (C=O) groups is 1. The number of thiocarbonyl (C=S) groups is 1. The van der Waals surface area contributed by atoms with Crippen LogP contribution in [-0.4, -0.2) is 22.5 Å². The molecule has 31 heavy (non-hydrogen) atoms. The van der Waals surface area contributed by atoms with Crippen molar-refractivity contribution in [2.45, 2.75) is 13.3 Å². The van der Waals surface area contributed by atoms with Crippen molar-refractivity contribution in [1.82, 2.24) is 5.32 Å². The SMILES string of the molecule is Cc1c(NC(=S)NC(=O)c2ccc(OCCc3ccccc3)cc2)cccc1[N+](=O)[O-]. The van der Waals surface area contributed by atoms with Crippen LogP contribution in [0.5, 0.6) is 5.75 Å². The predicted molar refractivity (Wildman–Crippen MR) is 124 cm³/mol. The maximum atomic E-state index is 12.4. The molecule has 0 aliphatic carbocycles. The van der Waals surface area contributed by atoms with Crippen LogP contribution in [0.15, 0.2) is 72.8 Å². The highest BCUT2D eigenvalue weighted by Gasteiger charge is 2.15. The fourth-order valence-electron chi connectivity index (χ4n) is 2.92. The van der Waals surface area contributed by atoms with Gasteiger partial charge in [-0.25, -0.2) is 0 Å². The Labute approximate surface area is 185 Å². The zero-order valence-electron chi connectivity index (χ0n) is 16.8. The average Bonchev–Trinajstić information content (AvgIpc) is 2.76. The van der Waals surface area contributed by atoms with Crippen LogP contribution >= 0.6 is 12.2 Å². The van der Waals surface area contributed by atoms with E-state index < -0.39 is 10.8 Å². The van der Waals surface area contributed by atoms with E-state index in [1.165, 1.54) is 11.6 Å². The number of hydrogen-bond donors (Lipinski definition) is 2. The third-order valence-corrected chi connectivity index (χ3v) is 4.80. The van der Waals surface area contributed by atoms with Gasteiger partial charge >= 0.3 is 0 Å². The van der Waals surface area contributed by atoms with Crippen molar-refractivity contribution < 1.29 is 14.5 Å². The summed E-state index contributed by atoms with van der Waals surface area (Å²) in [6, 6.07) is 21.4. The van der Waals surface area contributed by atoms with Crippen LogP contribution in [0.25, 0.3) is 0 Å². The Morgan fingerprint density at radius 3 is 2.42 bits per heavy atom. The van der Waals surface area contributed by atoms with Crippen molar-refractivity contribution in [3.63, 3.8) is 0 Å². The Kier molecular flexibility index (Phi) is 7.29. The highest BCUT2D eigenvalue weighted by atomic mass is 32.1. The second kappa shape index (κ2) is 10.3. The summed E-state index contributed by atoms with van der Waals surface area (Å²) in [6.07, 6.45) is 0.792. The Bertz CT molecular complexity index is 1090. The number of anilines is 1. The minimum absolute atomic E-state index is 0.0259. The zero-order chi connectivity index (χ0) is 22.2. The van der Waals surface area contributed by atoms with Crippen LogP contribution < -0.4 is 15.4 Å². The fraction of sp³-hybridized carbons (Fsp3) is 0.130. The lowest BCUT2D eigenvalue weighted by Gasteiger charge is -2.12. The first kappa shape index (κ1) is 21.9. The van der Waals surface area contributed by atoms with Crippen molar-refractivity contribution in [3.05, 3.63) is 99.6 Å². The van der Waals surface area contributed by atoms with Crippen molar-refractivity contribution >= 4 is 34.6 Å². The van der Waals surface area contributed by atoms with E-state index in [1.807, 2.05) is 30.3 Å².